The first-order chi connectivity index (χ1) is 10.2. The van der Waals surface area contributed by atoms with Gasteiger partial charge < -0.3 is 14.6 Å². The van der Waals surface area contributed by atoms with E-state index >= 15 is 0 Å². The molecule has 1 N–H and O–H groups in total. The lowest BCUT2D eigenvalue weighted by Gasteiger charge is -2.28. The van der Waals surface area contributed by atoms with Crippen LogP contribution in [-0.2, 0) is 4.74 Å². The lowest BCUT2D eigenvalue weighted by Crippen LogP contribution is -2.31. The summed E-state index contributed by atoms with van der Waals surface area (Å²) in [6.45, 7) is 3.33. The predicted octanol–water partition coefficient (Wildman–Crippen LogP) is 2.88. The van der Waals surface area contributed by atoms with Crippen LogP contribution in [0.25, 0.3) is 0 Å². The average molecular weight is 292 g/mol. The van der Waals surface area contributed by atoms with Crippen molar-refractivity contribution in [1.82, 2.24) is 10.5 Å². The van der Waals surface area contributed by atoms with Gasteiger partial charge in [0.15, 0.2) is 5.69 Å². The summed E-state index contributed by atoms with van der Waals surface area (Å²) in [7, 11) is 0. The van der Waals surface area contributed by atoms with E-state index in [9.17, 15) is 4.79 Å². The Morgan fingerprint density at radius 2 is 2.19 bits per heavy atom. The Balaban J connectivity index is 1.37. The maximum Gasteiger partial charge on any atom is 0.273 e. The summed E-state index contributed by atoms with van der Waals surface area (Å²) in [6, 6.07) is 1.76. The first-order valence-electron chi connectivity index (χ1n) is 8.10. The second-order valence-electron chi connectivity index (χ2n) is 6.32. The molecule has 1 heterocycles. The largest absolute Gasteiger partial charge is 0.376 e. The number of aromatic nitrogens is 1. The van der Waals surface area contributed by atoms with Gasteiger partial charge in [-0.05, 0) is 31.6 Å². The third-order valence-electron chi connectivity index (χ3n) is 4.49. The Kier molecular flexibility index (Phi) is 4.58. The summed E-state index contributed by atoms with van der Waals surface area (Å²) in [4.78, 5) is 11.9. The quantitative estimate of drug-likeness (QED) is 0.819. The maximum absolute atomic E-state index is 11.9. The van der Waals surface area contributed by atoms with E-state index < -0.39 is 0 Å². The molecule has 5 nitrogen and oxygen atoms in total. The number of hydrogen-bond donors (Lipinski definition) is 1. The van der Waals surface area contributed by atoms with Gasteiger partial charge in [0.1, 0.15) is 5.76 Å². The number of ether oxygens (including phenoxy) is 1. The molecule has 0 aromatic carbocycles. The highest BCUT2D eigenvalue weighted by molar-refractivity contribution is 5.92. The van der Waals surface area contributed by atoms with Crippen LogP contribution in [0, 0.1) is 5.92 Å². The third-order valence-corrected chi connectivity index (χ3v) is 4.49. The fourth-order valence-electron chi connectivity index (χ4n) is 2.95. The van der Waals surface area contributed by atoms with Crippen LogP contribution >= 0.6 is 0 Å². The number of nitrogens with zero attached hydrogens (tertiary/aromatic N) is 1. The van der Waals surface area contributed by atoms with Crippen molar-refractivity contribution in [3.8, 4) is 0 Å². The summed E-state index contributed by atoms with van der Waals surface area (Å²) >= 11 is 0. The highest BCUT2D eigenvalue weighted by atomic mass is 16.5. The van der Waals surface area contributed by atoms with Gasteiger partial charge in [-0.1, -0.05) is 24.9 Å². The highest BCUT2D eigenvalue weighted by Crippen LogP contribution is 2.40. The van der Waals surface area contributed by atoms with Crippen molar-refractivity contribution in [3.63, 3.8) is 0 Å². The van der Waals surface area contributed by atoms with E-state index in [0.29, 0.717) is 36.8 Å². The smallest absolute Gasteiger partial charge is 0.273 e. The molecule has 21 heavy (non-hydrogen) atoms. The highest BCUT2D eigenvalue weighted by Gasteiger charge is 2.28. The first kappa shape index (κ1) is 14.6. The van der Waals surface area contributed by atoms with Crippen LogP contribution < -0.4 is 5.32 Å². The van der Waals surface area contributed by atoms with Crippen molar-refractivity contribution >= 4 is 5.91 Å². The van der Waals surface area contributed by atoms with Crippen molar-refractivity contribution in [2.24, 2.45) is 5.92 Å². The summed E-state index contributed by atoms with van der Waals surface area (Å²) < 4.78 is 11.1. The second-order valence-corrected chi connectivity index (χ2v) is 6.32. The molecule has 2 aliphatic rings. The van der Waals surface area contributed by atoms with Crippen LogP contribution in [0.4, 0.5) is 0 Å². The van der Waals surface area contributed by atoms with Gasteiger partial charge in [0.25, 0.3) is 5.91 Å². The Morgan fingerprint density at radius 1 is 1.38 bits per heavy atom. The predicted molar refractivity (Wildman–Crippen MR) is 78.2 cm³/mol. The third kappa shape index (κ3) is 3.84. The summed E-state index contributed by atoms with van der Waals surface area (Å²) in [5.41, 5.74) is 0.378. The summed E-state index contributed by atoms with van der Waals surface area (Å²) in [5, 5.41) is 6.67. The molecule has 5 heteroatoms. The zero-order valence-electron chi connectivity index (χ0n) is 12.6. The Morgan fingerprint density at radius 3 is 2.95 bits per heavy atom. The number of carbonyl (C=O) groups excluding carboxylic acids is 1. The molecule has 3 rings (SSSR count). The molecule has 0 unspecified atom stereocenters. The number of nitrogens with one attached hydrogen (secondary N) is 1. The van der Waals surface area contributed by atoms with Crippen molar-refractivity contribution in [2.45, 2.75) is 57.5 Å². The van der Waals surface area contributed by atoms with Gasteiger partial charge in [-0.25, -0.2) is 0 Å². The minimum absolute atomic E-state index is 0.175. The normalized spacial score (nSPS) is 25.8. The van der Waals surface area contributed by atoms with Crippen LogP contribution in [0.1, 0.15) is 67.6 Å². The molecule has 2 fully saturated rings. The van der Waals surface area contributed by atoms with E-state index in [1.165, 1.54) is 19.3 Å². The zero-order chi connectivity index (χ0) is 14.7. The van der Waals surface area contributed by atoms with Gasteiger partial charge in [0.2, 0.25) is 0 Å². The zero-order valence-corrected chi connectivity index (χ0v) is 12.6. The van der Waals surface area contributed by atoms with Gasteiger partial charge in [-0.15, -0.1) is 0 Å². The van der Waals surface area contributed by atoms with Gasteiger partial charge >= 0.3 is 0 Å². The molecule has 0 spiro atoms. The van der Waals surface area contributed by atoms with E-state index in [-0.39, 0.29) is 5.91 Å². The lowest BCUT2D eigenvalue weighted by atomic mass is 9.88. The lowest BCUT2D eigenvalue weighted by molar-refractivity contribution is -0.00296. The van der Waals surface area contributed by atoms with Crippen LogP contribution in [0.15, 0.2) is 10.6 Å². The Hall–Kier alpha value is -1.36. The molecular formula is C16H24N2O3. The van der Waals surface area contributed by atoms with E-state index in [0.717, 1.165) is 25.0 Å². The van der Waals surface area contributed by atoms with Gasteiger partial charge in [0, 0.05) is 18.5 Å². The topological polar surface area (TPSA) is 64.4 Å². The molecule has 116 valence electrons. The molecule has 2 aliphatic carbocycles. The number of amides is 1. The summed E-state index contributed by atoms with van der Waals surface area (Å²) in [6.07, 6.45) is 7.60. The SMILES string of the molecule is C[C@H]1CCCC[C@@H]1OCCNC(=O)c1cc(C2CC2)on1. The van der Waals surface area contributed by atoms with Crippen molar-refractivity contribution < 1.29 is 14.1 Å². The van der Waals surface area contributed by atoms with Crippen molar-refractivity contribution in [2.75, 3.05) is 13.2 Å². The molecular weight excluding hydrogens is 268 g/mol. The van der Waals surface area contributed by atoms with E-state index in [4.69, 9.17) is 9.26 Å². The van der Waals surface area contributed by atoms with Crippen LogP contribution in [-0.4, -0.2) is 30.3 Å². The molecule has 1 aromatic heterocycles. The first-order valence-corrected chi connectivity index (χ1v) is 8.10. The van der Waals surface area contributed by atoms with Crippen LogP contribution in [0.3, 0.4) is 0 Å². The van der Waals surface area contributed by atoms with Gasteiger partial charge in [0.05, 0.1) is 12.7 Å². The molecule has 0 radical (unpaired) electrons. The molecule has 2 atom stereocenters. The fraction of sp³-hybridized carbons (Fsp3) is 0.750. The molecule has 0 aliphatic heterocycles. The Bertz CT molecular complexity index is 482. The molecule has 0 bridgehead atoms. The molecule has 0 saturated heterocycles. The van der Waals surface area contributed by atoms with Crippen molar-refractivity contribution in [1.29, 1.82) is 0 Å². The van der Waals surface area contributed by atoms with E-state index in [1.54, 1.807) is 6.07 Å². The Labute approximate surface area is 125 Å². The van der Waals surface area contributed by atoms with Crippen molar-refractivity contribution in [3.05, 3.63) is 17.5 Å². The molecule has 1 amide bonds. The number of hydrogen-bond acceptors (Lipinski definition) is 4. The second kappa shape index (κ2) is 6.60. The summed E-state index contributed by atoms with van der Waals surface area (Å²) in [5.74, 6) is 1.78. The monoisotopic (exact) mass is 292 g/mol. The van der Waals surface area contributed by atoms with Crippen LogP contribution in [0.2, 0.25) is 0 Å². The molecule has 1 aromatic rings. The minimum atomic E-state index is -0.175. The standard InChI is InChI=1S/C16H24N2O3/c1-11-4-2-3-5-14(11)20-9-8-17-16(19)13-10-15(21-18-13)12-6-7-12/h10-12,14H,2-9H2,1H3,(H,17,19)/t11-,14-/m0/s1. The van der Waals surface area contributed by atoms with E-state index in [1.807, 2.05) is 0 Å². The van der Waals surface area contributed by atoms with Crippen LogP contribution in [0.5, 0.6) is 0 Å². The average Bonchev–Trinajstić information content (AvgIpc) is 3.22. The molecule has 2 saturated carbocycles. The van der Waals surface area contributed by atoms with Gasteiger partial charge in [-0.2, -0.15) is 0 Å². The van der Waals surface area contributed by atoms with E-state index in [2.05, 4.69) is 17.4 Å². The maximum atomic E-state index is 11.9. The van der Waals surface area contributed by atoms with Gasteiger partial charge in [-0.3, -0.25) is 4.79 Å². The number of rotatable bonds is 6. The fourth-order valence-corrected chi connectivity index (χ4v) is 2.95. The minimum Gasteiger partial charge on any atom is -0.376 e. The number of carbonyl (C=O) groups is 1.